The Hall–Kier alpha value is -1.51. The van der Waals surface area contributed by atoms with Crippen LogP contribution in [0, 0.1) is 0 Å². The molecule has 0 aliphatic carbocycles. The van der Waals surface area contributed by atoms with Crippen LogP contribution in [0.4, 0.5) is 5.69 Å². The highest BCUT2D eigenvalue weighted by molar-refractivity contribution is 5.92. The Morgan fingerprint density at radius 3 is 2.64 bits per heavy atom. The van der Waals surface area contributed by atoms with Gasteiger partial charge in [-0.25, -0.2) is 4.99 Å². The van der Waals surface area contributed by atoms with Gasteiger partial charge in [0.05, 0.1) is 6.54 Å². The van der Waals surface area contributed by atoms with Crippen LogP contribution in [0.25, 0.3) is 0 Å². The van der Waals surface area contributed by atoms with Crippen molar-refractivity contribution in [3.05, 3.63) is 30.3 Å². The molecular formula is C11H14N2O. The van der Waals surface area contributed by atoms with Crippen LogP contribution in [0.15, 0.2) is 35.3 Å². The summed E-state index contributed by atoms with van der Waals surface area (Å²) in [6, 6.07) is 10.8. The maximum atomic E-state index is 5.55. The van der Waals surface area contributed by atoms with E-state index in [9.17, 15) is 0 Å². The van der Waals surface area contributed by atoms with Crippen molar-refractivity contribution in [2.45, 2.75) is 13.0 Å². The van der Waals surface area contributed by atoms with Crippen molar-refractivity contribution >= 4 is 11.7 Å². The first kappa shape index (κ1) is 9.06. The molecule has 1 heterocycles. The van der Waals surface area contributed by atoms with Crippen LogP contribution in [0.3, 0.4) is 0 Å². The lowest BCUT2D eigenvalue weighted by molar-refractivity contribution is 0.241. The minimum absolute atomic E-state index is 0.205. The predicted octanol–water partition coefficient (Wildman–Crippen LogP) is 1.90. The monoisotopic (exact) mass is 190 g/mol. The van der Waals surface area contributed by atoms with Gasteiger partial charge in [-0.2, -0.15) is 0 Å². The summed E-state index contributed by atoms with van der Waals surface area (Å²) in [5.41, 5.74) is 1.10. The molecule has 0 amide bonds. The molecule has 0 radical (unpaired) electrons. The van der Waals surface area contributed by atoms with E-state index >= 15 is 0 Å². The Morgan fingerprint density at radius 1 is 1.36 bits per heavy atom. The summed E-state index contributed by atoms with van der Waals surface area (Å²) in [5.74, 6) is 0. The van der Waals surface area contributed by atoms with Gasteiger partial charge in [-0.3, -0.25) is 4.90 Å². The van der Waals surface area contributed by atoms with Crippen molar-refractivity contribution < 1.29 is 4.74 Å². The van der Waals surface area contributed by atoms with Gasteiger partial charge in [0.25, 0.3) is 6.02 Å². The molecular weight excluding hydrogens is 176 g/mol. The number of hydrogen-bond acceptors (Lipinski definition) is 3. The van der Waals surface area contributed by atoms with Crippen molar-refractivity contribution in [3.63, 3.8) is 0 Å². The molecule has 1 aromatic carbocycles. The summed E-state index contributed by atoms with van der Waals surface area (Å²) in [6.07, 6.45) is 0.205. The Labute approximate surface area is 84.0 Å². The lowest BCUT2D eigenvalue weighted by atomic mass is 10.3. The Kier molecular flexibility index (Phi) is 2.39. The van der Waals surface area contributed by atoms with E-state index in [4.69, 9.17) is 4.74 Å². The third-order valence-corrected chi connectivity index (χ3v) is 2.22. The van der Waals surface area contributed by atoms with E-state index in [1.165, 1.54) is 0 Å². The lowest BCUT2D eigenvalue weighted by Crippen LogP contribution is -2.27. The smallest absolute Gasteiger partial charge is 0.292 e. The molecule has 0 saturated carbocycles. The van der Waals surface area contributed by atoms with E-state index in [-0.39, 0.29) is 6.10 Å². The molecule has 3 heteroatoms. The molecule has 1 aliphatic rings. The van der Waals surface area contributed by atoms with Crippen LogP contribution < -0.4 is 4.90 Å². The number of anilines is 1. The van der Waals surface area contributed by atoms with Crippen LogP contribution in [0.2, 0.25) is 0 Å². The van der Waals surface area contributed by atoms with E-state index in [1.54, 1.807) is 0 Å². The summed E-state index contributed by atoms with van der Waals surface area (Å²) in [6.45, 7) is 2.78. The highest BCUT2D eigenvalue weighted by Gasteiger charge is 2.19. The maximum Gasteiger partial charge on any atom is 0.292 e. The Bertz CT molecular complexity index is 334. The van der Waals surface area contributed by atoms with Crippen molar-refractivity contribution in [2.75, 3.05) is 18.5 Å². The van der Waals surface area contributed by atoms with Gasteiger partial charge in [0, 0.05) is 12.7 Å². The molecule has 14 heavy (non-hydrogen) atoms. The normalized spacial score (nSPS) is 20.1. The van der Waals surface area contributed by atoms with Gasteiger partial charge in [0.1, 0.15) is 6.10 Å². The SMILES string of the molecule is CC1CN=C(N(C)c2ccccc2)O1. The summed E-state index contributed by atoms with van der Waals surface area (Å²) in [4.78, 5) is 6.28. The van der Waals surface area contributed by atoms with Crippen molar-refractivity contribution in [2.24, 2.45) is 4.99 Å². The number of amidine groups is 1. The second kappa shape index (κ2) is 3.70. The molecule has 0 fully saturated rings. The van der Waals surface area contributed by atoms with E-state index in [0.717, 1.165) is 12.2 Å². The molecule has 3 nitrogen and oxygen atoms in total. The number of aliphatic imine (C=N–C) groups is 1. The van der Waals surface area contributed by atoms with E-state index < -0.39 is 0 Å². The largest absolute Gasteiger partial charge is 0.460 e. The molecule has 74 valence electrons. The average Bonchev–Trinajstić information content (AvgIpc) is 2.65. The number of benzene rings is 1. The highest BCUT2D eigenvalue weighted by Crippen LogP contribution is 2.15. The molecule has 0 saturated heterocycles. The van der Waals surface area contributed by atoms with Gasteiger partial charge in [0.15, 0.2) is 0 Å². The third-order valence-electron chi connectivity index (χ3n) is 2.22. The fraction of sp³-hybridized carbons (Fsp3) is 0.364. The zero-order valence-corrected chi connectivity index (χ0v) is 8.47. The molecule has 0 aromatic heterocycles. The van der Waals surface area contributed by atoms with Gasteiger partial charge in [-0.15, -0.1) is 0 Å². The lowest BCUT2D eigenvalue weighted by Gasteiger charge is -2.18. The Morgan fingerprint density at radius 2 is 2.07 bits per heavy atom. The quantitative estimate of drug-likeness (QED) is 0.675. The van der Waals surface area contributed by atoms with Crippen LogP contribution in [0.5, 0.6) is 0 Å². The summed E-state index contributed by atoms with van der Waals surface area (Å²) in [7, 11) is 1.96. The minimum atomic E-state index is 0.205. The van der Waals surface area contributed by atoms with Gasteiger partial charge in [-0.05, 0) is 19.1 Å². The van der Waals surface area contributed by atoms with Gasteiger partial charge in [-0.1, -0.05) is 18.2 Å². The van der Waals surface area contributed by atoms with Gasteiger partial charge >= 0.3 is 0 Å². The molecule has 1 atom stereocenters. The fourth-order valence-electron chi connectivity index (χ4n) is 1.41. The van der Waals surface area contributed by atoms with Crippen LogP contribution >= 0.6 is 0 Å². The molecule has 1 unspecified atom stereocenters. The number of ether oxygens (including phenoxy) is 1. The van der Waals surface area contributed by atoms with Crippen LogP contribution in [-0.4, -0.2) is 25.7 Å². The van der Waals surface area contributed by atoms with Crippen molar-refractivity contribution in [1.82, 2.24) is 0 Å². The number of nitrogens with zero attached hydrogens (tertiary/aromatic N) is 2. The third kappa shape index (κ3) is 1.71. The molecule has 0 bridgehead atoms. The topological polar surface area (TPSA) is 24.8 Å². The first-order valence-electron chi connectivity index (χ1n) is 4.77. The molecule has 0 N–H and O–H groups in total. The molecule has 1 aromatic rings. The Balaban J connectivity index is 2.13. The summed E-state index contributed by atoms with van der Waals surface area (Å²) < 4.78 is 5.55. The average molecular weight is 190 g/mol. The fourth-order valence-corrected chi connectivity index (χ4v) is 1.41. The number of hydrogen-bond donors (Lipinski definition) is 0. The molecule has 0 spiro atoms. The predicted molar refractivity (Wildman–Crippen MR) is 57.7 cm³/mol. The summed E-state index contributed by atoms with van der Waals surface area (Å²) in [5, 5.41) is 0. The zero-order chi connectivity index (χ0) is 9.97. The second-order valence-electron chi connectivity index (χ2n) is 3.45. The van der Waals surface area contributed by atoms with Crippen LogP contribution in [0.1, 0.15) is 6.92 Å². The number of para-hydroxylation sites is 1. The standard InChI is InChI=1S/C11H14N2O/c1-9-8-12-11(14-9)13(2)10-6-4-3-5-7-10/h3-7,9H,8H2,1-2H3. The number of rotatable bonds is 1. The van der Waals surface area contributed by atoms with Crippen molar-refractivity contribution in [1.29, 1.82) is 0 Å². The van der Waals surface area contributed by atoms with E-state index in [1.807, 2.05) is 49.2 Å². The first-order valence-corrected chi connectivity index (χ1v) is 4.77. The minimum Gasteiger partial charge on any atom is -0.460 e. The summed E-state index contributed by atoms with van der Waals surface area (Å²) >= 11 is 0. The second-order valence-corrected chi connectivity index (χ2v) is 3.45. The van der Waals surface area contributed by atoms with E-state index in [2.05, 4.69) is 4.99 Å². The van der Waals surface area contributed by atoms with Gasteiger partial charge in [0.2, 0.25) is 0 Å². The molecule has 2 rings (SSSR count). The van der Waals surface area contributed by atoms with E-state index in [0.29, 0.717) is 6.02 Å². The van der Waals surface area contributed by atoms with Crippen LogP contribution in [-0.2, 0) is 4.74 Å². The zero-order valence-electron chi connectivity index (χ0n) is 8.47. The molecule has 1 aliphatic heterocycles. The highest BCUT2D eigenvalue weighted by atomic mass is 16.5. The van der Waals surface area contributed by atoms with Crippen molar-refractivity contribution in [3.8, 4) is 0 Å². The first-order chi connectivity index (χ1) is 6.77. The van der Waals surface area contributed by atoms with Gasteiger partial charge < -0.3 is 4.74 Å². The maximum absolute atomic E-state index is 5.55.